The summed E-state index contributed by atoms with van der Waals surface area (Å²) in [6.45, 7) is 8.71. The summed E-state index contributed by atoms with van der Waals surface area (Å²) in [5.41, 5.74) is 9.38. The van der Waals surface area contributed by atoms with Crippen LogP contribution in [0, 0.1) is 27.7 Å². The van der Waals surface area contributed by atoms with Gasteiger partial charge < -0.3 is 19.5 Å². The molecule has 0 radical (unpaired) electrons. The van der Waals surface area contributed by atoms with Gasteiger partial charge in [0.05, 0.1) is 23.9 Å². The number of nitrogens with zero attached hydrogens (tertiary/aromatic N) is 3. The second-order valence-corrected chi connectivity index (χ2v) is 11.4. The minimum absolute atomic E-state index is 0.0557. The Bertz CT molecular complexity index is 1470. The molecule has 0 amide bonds. The highest BCUT2D eigenvalue weighted by atomic mass is 32.1. The summed E-state index contributed by atoms with van der Waals surface area (Å²) in [6, 6.07) is 23.4. The zero-order chi connectivity index (χ0) is 27.1. The Kier molecular flexibility index (Phi) is 6.90. The first-order valence-corrected chi connectivity index (χ1v) is 14.3. The summed E-state index contributed by atoms with van der Waals surface area (Å²) in [4.78, 5) is 6.99. The van der Waals surface area contributed by atoms with Crippen LogP contribution < -0.4 is 15.0 Å². The van der Waals surface area contributed by atoms with E-state index in [1.165, 1.54) is 46.6 Å². The molecule has 1 saturated carbocycles. The van der Waals surface area contributed by atoms with Crippen LogP contribution in [0.5, 0.6) is 5.75 Å². The van der Waals surface area contributed by atoms with Crippen molar-refractivity contribution in [1.82, 2.24) is 14.9 Å². The summed E-state index contributed by atoms with van der Waals surface area (Å²) in [5.74, 6) is 0.926. The Balaban J connectivity index is 1.42. The molecule has 0 spiro atoms. The number of pyridine rings is 1. The minimum atomic E-state index is -0.0821. The average molecular weight is 537 g/mol. The zero-order valence-electron chi connectivity index (χ0n) is 23.1. The molecule has 1 saturated heterocycles. The minimum Gasteiger partial charge on any atom is -0.490 e. The van der Waals surface area contributed by atoms with Crippen molar-refractivity contribution >= 4 is 23.0 Å². The van der Waals surface area contributed by atoms with Crippen LogP contribution in [0.1, 0.15) is 71.5 Å². The molecule has 2 aliphatic rings. The van der Waals surface area contributed by atoms with Crippen LogP contribution in [-0.2, 0) is 0 Å². The van der Waals surface area contributed by atoms with Crippen molar-refractivity contribution < 1.29 is 4.74 Å². The van der Waals surface area contributed by atoms with Crippen LogP contribution in [0.4, 0.5) is 5.69 Å². The molecule has 3 heterocycles. The smallest absolute Gasteiger partial charge is 0.174 e. The lowest BCUT2D eigenvalue weighted by Crippen LogP contribution is -2.29. The van der Waals surface area contributed by atoms with E-state index in [0.717, 1.165) is 30.0 Å². The van der Waals surface area contributed by atoms with E-state index in [2.05, 4.69) is 97.1 Å². The number of hydrogen-bond acceptors (Lipinski definition) is 3. The van der Waals surface area contributed by atoms with Crippen LogP contribution in [-0.4, -0.2) is 20.8 Å². The highest BCUT2D eigenvalue weighted by Gasteiger charge is 2.42. The van der Waals surface area contributed by atoms with E-state index in [0.29, 0.717) is 11.2 Å². The highest BCUT2D eigenvalue weighted by molar-refractivity contribution is 7.80. The Morgan fingerprint density at radius 2 is 1.59 bits per heavy atom. The largest absolute Gasteiger partial charge is 0.490 e. The fourth-order valence-corrected chi connectivity index (χ4v) is 6.74. The van der Waals surface area contributed by atoms with E-state index < -0.39 is 0 Å². The number of aromatic nitrogens is 2. The summed E-state index contributed by atoms with van der Waals surface area (Å²) < 4.78 is 8.61. The molecule has 1 aliphatic heterocycles. The maximum Gasteiger partial charge on any atom is 0.174 e. The molecular formula is C33H36N4OS. The molecule has 2 aromatic heterocycles. The predicted molar refractivity (Wildman–Crippen MR) is 162 cm³/mol. The fourth-order valence-electron chi connectivity index (χ4n) is 6.40. The number of hydrogen-bond donors (Lipinski definition) is 1. The van der Waals surface area contributed by atoms with Crippen LogP contribution in [0.2, 0.25) is 0 Å². The summed E-state index contributed by atoms with van der Waals surface area (Å²) in [5, 5.41) is 4.31. The number of thiocarbonyl (C=S) groups is 1. The average Bonchev–Trinajstić information content (AvgIpc) is 3.62. The third-order valence-corrected chi connectivity index (χ3v) is 8.39. The molecule has 5 nitrogen and oxygen atoms in total. The third-order valence-electron chi connectivity index (χ3n) is 8.07. The molecule has 6 heteroatoms. The van der Waals surface area contributed by atoms with E-state index in [1.54, 1.807) is 0 Å². The second kappa shape index (κ2) is 10.5. The van der Waals surface area contributed by atoms with Crippen LogP contribution in [0.3, 0.4) is 0 Å². The van der Waals surface area contributed by atoms with Crippen LogP contribution >= 0.6 is 12.2 Å². The van der Waals surface area contributed by atoms with Crippen molar-refractivity contribution in [3.05, 3.63) is 107 Å². The molecule has 2 atom stereocenters. The first-order valence-electron chi connectivity index (χ1n) is 13.9. The van der Waals surface area contributed by atoms with Gasteiger partial charge in [-0.3, -0.25) is 4.98 Å². The van der Waals surface area contributed by atoms with Gasteiger partial charge in [0, 0.05) is 29.0 Å². The number of benzene rings is 2. The van der Waals surface area contributed by atoms with Gasteiger partial charge in [0.15, 0.2) is 5.11 Å². The van der Waals surface area contributed by atoms with Gasteiger partial charge in [-0.15, -0.1) is 0 Å². The molecule has 1 N–H and O–H groups in total. The molecule has 2 unspecified atom stereocenters. The molecule has 1 aliphatic carbocycles. The Morgan fingerprint density at radius 3 is 2.26 bits per heavy atom. The molecule has 2 fully saturated rings. The SMILES string of the molecule is Cc1cc(C)cc(-n2c(C)cc(C3C(c4ccccn4)NC(=S)N3c3ccc(OC4CCCC4)cc3)c2C)c1. The number of ether oxygens (including phenoxy) is 1. The predicted octanol–water partition coefficient (Wildman–Crippen LogP) is 7.60. The van der Waals surface area contributed by atoms with Crippen molar-refractivity contribution in [1.29, 1.82) is 0 Å². The fraction of sp³-hybridized carbons (Fsp3) is 0.333. The van der Waals surface area contributed by atoms with Crippen molar-refractivity contribution in [2.75, 3.05) is 4.90 Å². The topological polar surface area (TPSA) is 42.3 Å². The van der Waals surface area contributed by atoms with E-state index in [9.17, 15) is 0 Å². The Labute approximate surface area is 236 Å². The van der Waals surface area contributed by atoms with Crippen LogP contribution in [0.15, 0.2) is 72.9 Å². The summed E-state index contributed by atoms with van der Waals surface area (Å²) in [7, 11) is 0. The zero-order valence-corrected chi connectivity index (χ0v) is 24.0. The van der Waals surface area contributed by atoms with Gasteiger partial charge in [0.2, 0.25) is 0 Å². The molecule has 200 valence electrons. The lowest BCUT2D eigenvalue weighted by Gasteiger charge is -2.28. The number of nitrogens with one attached hydrogen (secondary N) is 1. The first-order chi connectivity index (χ1) is 18.9. The third kappa shape index (κ3) is 4.94. The summed E-state index contributed by atoms with van der Waals surface area (Å²) >= 11 is 5.98. The maximum absolute atomic E-state index is 6.25. The standard InChI is InChI=1S/C33H36N4OS/c1-21-17-22(2)19-26(18-21)36-23(3)20-29(24(36)4)32-31(30-11-7-8-16-34-30)35-33(39)37(32)25-12-14-28(15-13-25)38-27-9-5-6-10-27/h7-8,11-20,27,31-32H,5-6,9-10H2,1-4H3,(H,35,39). The summed E-state index contributed by atoms with van der Waals surface area (Å²) in [6.07, 6.45) is 6.99. The molecular weight excluding hydrogens is 500 g/mol. The Morgan fingerprint density at radius 1 is 0.872 bits per heavy atom. The monoisotopic (exact) mass is 536 g/mol. The van der Waals surface area contributed by atoms with Gasteiger partial charge in [0.25, 0.3) is 0 Å². The number of anilines is 1. The van der Waals surface area contributed by atoms with E-state index in [1.807, 2.05) is 18.3 Å². The van der Waals surface area contributed by atoms with Crippen LogP contribution in [0.25, 0.3) is 5.69 Å². The molecule has 2 aromatic carbocycles. The van der Waals surface area contributed by atoms with Gasteiger partial charge >= 0.3 is 0 Å². The lowest BCUT2D eigenvalue weighted by molar-refractivity contribution is 0.210. The van der Waals surface area contributed by atoms with Gasteiger partial charge in [-0.1, -0.05) is 12.1 Å². The van der Waals surface area contributed by atoms with Crippen molar-refractivity contribution in [2.45, 2.75) is 71.6 Å². The molecule has 0 bridgehead atoms. The van der Waals surface area contributed by atoms with Gasteiger partial charge in [0.1, 0.15) is 5.75 Å². The first kappa shape index (κ1) is 25.6. The van der Waals surface area contributed by atoms with Gasteiger partial charge in [-0.05, 0) is 137 Å². The van der Waals surface area contributed by atoms with Gasteiger partial charge in [-0.25, -0.2) is 0 Å². The number of aryl methyl sites for hydroxylation is 3. The van der Waals surface area contributed by atoms with Crippen molar-refractivity contribution in [3.8, 4) is 11.4 Å². The van der Waals surface area contributed by atoms with Crippen molar-refractivity contribution in [3.63, 3.8) is 0 Å². The molecule has 4 aromatic rings. The normalized spacial score (nSPS) is 19.5. The molecule has 39 heavy (non-hydrogen) atoms. The van der Waals surface area contributed by atoms with Gasteiger partial charge in [-0.2, -0.15) is 0 Å². The highest BCUT2D eigenvalue weighted by Crippen LogP contribution is 2.44. The van der Waals surface area contributed by atoms with E-state index in [4.69, 9.17) is 21.9 Å². The lowest BCUT2D eigenvalue weighted by atomic mass is 9.96. The molecule has 6 rings (SSSR count). The second-order valence-electron chi connectivity index (χ2n) is 11.0. The Hall–Kier alpha value is -3.64. The van der Waals surface area contributed by atoms with E-state index in [-0.39, 0.29) is 12.1 Å². The maximum atomic E-state index is 6.25. The van der Waals surface area contributed by atoms with E-state index >= 15 is 0 Å². The quantitative estimate of drug-likeness (QED) is 0.257. The van der Waals surface area contributed by atoms with Crippen molar-refractivity contribution in [2.24, 2.45) is 0 Å². The number of rotatable bonds is 6.